The molecule has 0 aliphatic heterocycles. The molecule has 0 fully saturated rings. The largest absolute Gasteiger partial charge is 0.382 e. The van der Waals surface area contributed by atoms with Crippen LogP contribution in [0.4, 0.5) is 0 Å². The molecule has 1 aromatic carbocycles. The first-order chi connectivity index (χ1) is 9.08. The Labute approximate surface area is 117 Å². The average Bonchev–Trinajstić information content (AvgIpc) is 2.42. The summed E-state index contributed by atoms with van der Waals surface area (Å²) in [6.45, 7) is 10.8. The monoisotopic (exact) mass is 255 g/mol. The molecule has 1 aliphatic carbocycles. The van der Waals surface area contributed by atoms with Gasteiger partial charge in [-0.15, -0.1) is 0 Å². The molecule has 1 aromatic rings. The predicted octanol–water partition coefficient (Wildman–Crippen LogP) is 4.99. The summed E-state index contributed by atoms with van der Waals surface area (Å²) in [5.41, 5.74) is 5.61. The van der Waals surface area contributed by atoms with Gasteiger partial charge >= 0.3 is 0 Å². The van der Waals surface area contributed by atoms with Crippen molar-refractivity contribution in [2.45, 2.75) is 46.1 Å². The van der Waals surface area contributed by atoms with E-state index in [2.05, 4.69) is 63.0 Å². The van der Waals surface area contributed by atoms with Gasteiger partial charge in [0.2, 0.25) is 0 Å². The zero-order valence-electron chi connectivity index (χ0n) is 12.4. The van der Waals surface area contributed by atoms with Gasteiger partial charge in [-0.05, 0) is 51.5 Å². The molecule has 0 heterocycles. The van der Waals surface area contributed by atoms with Crippen molar-refractivity contribution < 1.29 is 0 Å². The maximum Gasteiger partial charge on any atom is 0.0482 e. The van der Waals surface area contributed by atoms with Gasteiger partial charge in [-0.25, -0.2) is 0 Å². The lowest BCUT2D eigenvalue weighted by molar-refractivity contribution is 0.478. The molecule has 1 aliphatic rings. The molecule has 0 spiro atoms. The third-order valence-corrected chi connectivity index (χ3v) is 4.22. The average molecular weight is 255 g/mol. The van der Waals surface area contributed by atoms with Gasteiger partial charge in [-0.2, -0.15) is 0 Å². The molecule has 102 valence electrons. The van der Waals surface area contributed by atoms with Crippen LogP contribution in [0.15, 0.2) is 53.8 Å². The third-order valence-electron chi connectivity index (χ3n) is 4.22. The Hall–Kier alpha value is -1.50. The SMILES string of the molecule is C=C(C)[C@H]1CCC(C)=C(N[C@@H](C)c2ccccc2)C1. The zero-order valence-corrected chi connectivity index (χ0v) is 12.4. The van der Waals surface area contributed by atoms with Crippen molar-refractivity contribution in [2.24, 2.45) is 5.92 Å². The molecule has 0 saturated carbocycles. The number of benzene rings is 1. The smallest absolute Gasteiger partial charge is 0.0482 e. The second kappa shape index (κ2) is 6.10. The van der Waals surface area contributed by atoms with Crippen molar-refractivity contribution in [3.8, 4) is 0 Å². The van der Waals surface area contributed by atoms with Crippen LogP contribution < -0.4 is 5.32 Å². The predicted molar refractivity (Wildman–Crippen MR) is 82.8 cm³/mol. The molecule has 1 N–H and O–H groups in total. The Kier molecular flexibility index (Phi) is 4.47. The quantitative estimate of drug-likeness (QED) is 0.748. The van der Waals surface area contributed by atoms with E-state index in [1.165, 1.54) is 35.2 Å². The molecular weight excluding hydrogens is 230 g/mol. The highest BCUT2D eigenvalue weighted by molar-refractivity contribution is 5.23. The van der Waals surface area contributed by atoms with Gasteiger partial charge in [0.05, 0.1) is 0 Å². The van der Waals surface area contributed by atoms with E-state index in [0.29, 0.717) is 12.0 Å². The highest BCUT2D eigenvalue weighted by atomic mass is 14.9. The Morgan fingerprint density at radius 3 is 2.63 bits per heavy atom. The van der Waals surface area contributed by atoms with Crippen molar-refractivity contribution in [3.05, 3.63) is 59.3 Å². The molecule has 0 amide bonds. The molecule has 0 unspecified atom stereocenters. The Balaban J connectivity index is 2.07. The highest BCUT2D eigenvalue weighted by Crippen LogP contribution is 2.32. The van der Waals surface area contributed by atoms with Crippen LogP contribution in [0.2, 0.25) is 0 Å². The molecule has 0 saturated heterocycles. The minimum absolute atomic E-state index is 0.370. The second-order valence-electron chi connectivity index (χ2n) is 5.82. The van der Waals surface area contributed by atoms with Crippen molar-refractivity contribution in [3.63, 3.8) is 0 Å². The first kappa shape index (κ1) is 13.9. The first-order valence-electron chi connectivity index (χ1n) is 7.23. The van der Waals surface area contributed by atoms with E-state index >= 15 is 0 Å². The van der Waals surface area contributed by atoms with Crippen molar-refractivity contribution in [1.29, 1.82) is 0 Å². The summed E-state index contributed by atoms with van der Waals surface area (Å²) in [6, 6.07) is 11.0. The van der Waals surface area contributed by atoms with E-state index in [1.807, 2.05) is 0 Å². The summed E-state index contributed by atoms with van der Waals surface area (Å²) in [7, 11) is 0. The van der Waals surface area contributed by atoms with Crippen LogP contribution in [0, 0.1) is 5.92 Å². The van der Waals surface area contributed by atoms with Crippen LogP contribution in [0.25, 0.3) is 0 Å². The van der Waals surface area contributed by atoms with E-state index in [-0.39, 0.29) is 0 Å². The van der Waals surface area contributed by atoms with Gasteiger partial charge < -0.3 is 5.32 Å². The molecule has 2 rings (SSSR count). The number of hydrogen-bond acceptors (Lipinski definition) is 1. The molecular formula is C18H25N. The molecule has 0 aromatic heterocycles. The van der Waals surface area contributed by atoms with Crippen LogP contribution in [-0.2, 0) is 0 Å². The minimum Gasteiger partial charge on any atom is -0.382 e. The number of nitrogens with one attached hydrogen (secondary N) is 1. The van der Waals surface area contributed by atoms with Gasteiger partial charge in [0.25, 0.3) is 0 Å². The summed E-state index contributed by atoms with van der Waals surface area (Å²) < 4.78 is 0. The number of rotatable bonds is 4. The van der Waals surface area contributed by atoms with Gasteiger partial charge in [0.15, 0.2) is 0 Å². The topological polar surface area (TPSA) is 12.0 Å². The first-order valence-corrected chi connectivity index (χ1v) is 7.23. The van der Waals surface area contributed by atoms with Gasteiger partial charge in [-0.3, -0.25) is 0 Å². The molecule has 1 heteroatoms. The lowest BCUT2D eigenvalue weighted by Crippen LogP contribution is -2.24. The zero-order chi connectivity index (χ0) is 13.8. The molecule has 19 heavy (non-hydrogen) atoms. The normalized spacial score (nSPS) is 21.1. The van der Waals surface area contributed by atoms with E-state index < -0.39 is 0 Å². The molecule has 2 atom stereocenters. The highest BCUT2D eigenvalue weighted by Gasteiger charge is 2.20. The maximum absolute atomic E-state index is 4.13. The number of allylic oxidation sites excluding steroid dienone is 3. The van der Waals surface area contributed by atoms with Gasteiger partial charge in [0, 0.05) is 11.7 Å². The summed E-state index contributed by atoms with van der Waals surface area (Å²) >= 11 is 0. The van der Waals surface area contributed by atoms with Crippen molar-refractivity contribution in [2.75, 3.05) is 0 Å². The summed E-state index contributed by atoms with van der Waals surface area (Å²) in [5, 5.41) is 3.71. The van der Waals surface area contributed by atoms with Crippen molar-refractivity contribution in [1.82, 2.24) is 5.32 Å². The second-order valence-corrected chi connectivity index (χ2v) is 5.82. The van der Waals surface area contributed by atoms with E-state index in [9.17, 15) is 0 Å². The third kappa shape index (κ3) is 3.50. The van der Waals surface area contributed by atoms with Crippen LogP contribution in [0.3, 0.4) is 0 Å². The summed E-state index contributed by atoms with van der Waals surface area (Å²) in [6.07, 6.45) is 3.58. The standard InChI is InChI=1S/C18H25N/c1-13(2)17-11-10-14(3)18(12-17)19-15(4)16-8-6-5-7-9-16/h5-9,15,17,19H,1,10-12H2,2-4H3/t15-,17-/m0/s1. The lowest BCUT2D eigenvalue weighted by Gasteiger charge is -2.29. The molecule has 1 nitrogen and oxygen atoms in total. The van der Waals surface area contributed by atoms with Crippen LogP contribution in [-0.4, -0.2) is 0 Å². The van der Waals surface area contributed by atoms with E-state index in [1.54, 1.807) is 0 Å². The van der Waals surface area contributed by atoms with Gasteiger partial charge in [-0.1, -0.05) is 48.1 Å². The fourth-order valence-electron chi connectivity index (χ4n) is 2.75. The Morgan fingerprint density at radius 1 is 1.32 bits per heavy atom. The van der Waals surface area contributed by atoms with Gasteiger partial charge in [0.1, 0.15) is 0 Å². The lowest BCUT2D eigenvalue weighted by atomic mass is 9.83. The minimum atomic E-state index is 0.370. The Bertz CT molecular complexity index is 470. The Morgan fingerprint density at radius 2 is 2.00 bits per heavy atom. The molecule has 0 radical (unpaired) electrons. The maximum atomic E-state index is 4.13. The van der Waals surface area contributed by atoms with Crippen LogP contribution in [0.1, 0.15) is 51.6 Å². The number of hydrogen-bond donors (Lipinski definition) is 1. The summed E-state index contributed by atoms with van der Waals surface area (Å²) in [5.74, 6) is 0.647. The van der Waals surface area contributed by atoms with Crippen LogP contribution in [0.5, 0.6) is 0 Å². The van der Waals surface area contributed by atoms with Crippen LogP contribution >= 0.6 is 0 Å². The summed E-state index contributed by atoms with van der Waals surface area (Å²) in [4.78, 5) is 0. The fourth-order valence-corrected chi connectivity index (χ4v) is 2.75. The van der Waals surface area contributed by atoms with E-state index in [4.69, 9.17) is 0 Å². The van der Waals surface area contributed by atoms with E-state index in [0.717, 1.165) is 6.42 Å². The van der Waals surface area contributed by atoms with Crippen molar-refractivity contribution >= 4 is 0 Å². The fraction of sp³-hybridized carbons (Fsp3) is 0.444. The molecule has 0 bridgehead atoms.